The van der Waals surface area contributed by atoms with Crippen LogP contribution in [0.4, 0.5) is 4.79 Å². The van der Waals surface area contributed by atoms with Crippen LogP contribution in [0.2, 0.25) is 5.02 Å². The summed E-state index contributed by atoms with van der Waals surface area (Å²) in [4.78, 5) is 12.5. The van der Waals surface area contributed by atoms with E-state index in [2.05, 4.69) is 29.6 Å². The molecule has 0 fully saturated rings. The molecule has 0 spiro atoms. The van der Waals surface area contributed by atoms with E-state index >= 15 is 0 Å². The van der Waals surface area contributed by atoms with Crippen LogP contribution in [0, 0.1) is 0 Å². The van der Waals surface area contributed by atoms with E-state index in [1.807, 2.05) is 24.3 Å². The summed E-state index contributed by atoms with van der Waals surface area (Å²) in [5.41, 5.74) is 5.24. The molecular formula is C24H22ClNO4. The van der Waals surface area contributed by atoms with Crippen molar-refractivity contribution < 1.29 is 19.4 Å². The van der Waals surface area contributed by atoms with Crippen LogP contribution in [0.3, 0.4) is 0 Å². The fourth-order valence-corrected chi connectivity index (χ4v) is 4.14. The first-order valence-corrected chi connectivity index (χ1v) is 10.1. The fraction of sp³-hybridized carbons (Fsp3) is 0.208. The molecule has 0 aromatic heterocycles. The van der Waals surface area contributed by atoms with Gasteiger partial charge in [-0.25, -0.2) is 4.79 Å². The second-order valence-corrected chi connectivity index (χ2v) is 7.53. The van der Waals surface area contributed by atoms with Gasteiger partial charge in [-0.2, -0.15) is 0 Å². The van der Waals surface area contributed by atoms with Crippen molar-refractivity contribution in [2.75, 3.05) is 20.3 Å². The lowest BCUT2D eigenvalue weighted by atomic mass is 9.98. The Morgan fingerprint density at radius 3 is 2.30 bits per heavy atom. The van der Waals surface area contributed by atoms with Gasteiger partial charge in [0.1, 0.15) is 12.4 Å². The summed E-state index contributed by atoms with van der Waals surface area (Å²) >= 11 is 6.00. The number of ether oxygens (including phenoxy) is 2. The molecule has 1 aliphatic carbocycles. The Hall–Kier alpha value is -3.02. The molecule has 1 aliphatic rings. The number of aliphatic hydroxyl groups excluding tert-OH is 1. The standard InChI is InChI=1S/C24H22ClNO4/c1-29-23-12-15(25)10-11-20(23)22(13-27)26-24(28)30-14-21-18-8-4-2-6-16(18)17-7-3-5-9-19(17)21/h2-12,21-22,27H,13-14H2,1H3,(H,26,28). The van der Waals surface area contributed by atoms with E-state index in [-0.39, 0.29) is 19.1 Å². The molecule has 0 radical (unpaired) electrons. The number of rotatable bonds is 6. The summed E-state index contributed by atoms with van der Waals surface area (Å²) < 4.78 is 10.9. The number of hydrogen-bond acceptors (Lipinski definition) is 4. The SMILES string of the molecule is COc1cc(Cl)ccc1C(CO)NC(=O)OCC1c2ccccc2-c2ccccc21. The summed E-state index contributed by atoms with van der Waals surface area (Å²) in [6.07, 6.45) is -0.604. The van der Waals surface area contributed by atoms with Crippen molar-refractivity contribution in [2.45, 2.75) is 12.0 Å². The highest BCUT2D eigenvalue weighted by atomic mass is 35.5. The highest BCUT2D eigenvalue weighted by Crippen LogP contribution is 2.44. The number of methoxy groups -OCH3 is 1. The Labute approximate surface area is 180 Å². The topological polar surface area (TPSA) is 67.8 Å². The van der Waals surface area contributed by atoms with E-state index < -0.39 is 12.1 Å². The number of nitrogens with one attached hydrogen (secondary N) is 1. The van der Waals surface area contributed by atoms with Crippen molar-refractivity contribution >= 4 is 17.7 Å². The van der Waals surface area contributed by atoms with Gasteiger partial charge in [0.05, 0.1) is 19.8 Å². The molecule has 30 heavy (non-hydrogen) atoms. The summed E-state index contributed by atoms with van der Waals surface area (Å²) in [7, 11) is 1.51. The van der Waals surface area contributed by atoms with Gasteiger partial charge in [-0.1, -0.05) is 66.2 Å². The molecule has 3 aromatic rings. The Morgan fingerprint density at radius 1 is 1.07 bits per heavy atom. The zero-order valence-corrected chi connectivity index (χ0v) is 17.2. The van der Waals surface area contributed by atoms with Crippen LogP contribution in [0.25, 0.3) is 11.1 Å². The molecule has 1 amide bonds. The number of carbonyl (C=O) groups excluding carboxylic acids is 1. The summed E-state index contributed by atoms with van der Waals surface area (Å²) in [5.74, 6) is 0.460. The van der Waals surface area contributed by atoms with E-state index in [0.717, 1.165) is 11.1 Å². The summed E-state index contributed by atoms with van der Waals surface area (Å²) in [6, 6.07) is 20.7. The minimum Gasteiger partial charge on any atom is -0.496 e. The minimum absolute atomic E-state index is 0.0270. The molecule has 0 saturated heterocycles. The Morgan fingerprint density at radius 2 is 1.70 bits per heavy atom. The Kier molecular flexibility index (Phi) is 5.93. The number of halogens is 1. The van der Waals surface area contributed by atoms with Crippen LogP contribution in [-0.4, -0.2) is 31.5 Å². The molecular weight excluding hydrogens is 402 g/mol. The van der Waals surface area contributed by atoms with Gasteiger partial charge in [-0.05, 0) is 34.4 Å². The van der Waals surface area contributed by atoms with Gasteiger partial charge in [0.2, 0.25) is 0 Å². The zero-order valence-electron chi connectivity index (χ0n) is 16.5. The van der Waals surface area contributed by atoms with Crippen LogP contribution in [0.5, 0.6) is 5.75 Å². The summed E-state index contributed by atoms with van der Waals surface area (Å²) in [6.45, 7) is -0.0993. The van der Waals surface area contributed by atoms with E-state index in [0.29, 0.717) is 16.3 Å². The van der Waals surface area contributed by atoms with Crippen LogP contribution in [0.1, 0.15) is 28.7 Å². The van der Waals surface area contributed by atoms with Crippen molar-refractivity contribution in [3.05, 3.63) is 88.4 Å². The molecule has 0 aliphatic heterocycles. The molecule has 0 saturated carbocycles. The molecule has 5 nitrogen and oxygen atoms in total. The second kappa shape index (κ2) is 8.78. The van der Waals surface area contributed by atoms with Gasteiger partial charge in [-0.3, -0.25) is 0 Å². The largest absolute Gasteiger partial charge is 0.496 e. The lowest BCUT2D eigenvalue weighted by molar-refractivity contribution is 0.132. The quantitative estimate of drug-likeness (QED) is 0.590. The van der Waals surface area contributed by atoms with Gasteiger partial charge >= 0.3 is 6.09 Å². The van der Waals surface area contributed by atoms with Gasteiger partial charge in [0.15, 0.2) is 0 Å². The van der Waals surface area contributed by atoms with Gasteiger partial charge in [0, 0.05) is 16.5 Å². The number of aliphatic hydroxyl groups is 1. The van der Waals surface area contributed by atoms with Gasteiger partial charge in [-0.15, -0.1) is 0 Å². The van der Waals surface area contributed by atoms with E-state index in [1.54, 1.807) is 18.2 Å². The van der Waals surface area contributed by atoms with Crippen molar-refractivity contribution in [3.63, 3.8) is 0 Å². The lowest BCUT2D eigenvalue weighted by Gasteiger charge is -2.20. The van der Waals surface area contributed by atoms with Crippen molar-refractivity contribution in [1.29, 1.82) is 0 Å². The fourth-order valence-electron chi connectivity index (χ4n) is 3.98. The first-order chi connectivity index (χ1) is 14.6. The number of carbonyl (C=O) groups is 1. The average molecular weight is 424 g/mol. The van der Waals surface area contributed by atoms with Crippen molar-refractivity contribution in [2.24, 2.45) is 0 Å². The van der Waals surface area contributed by atoms with Gasteiger partial charge in [0.25, 0.3) is 0 Å². The molecule has 154 valence electrons. The Bertz CT molecular complexity index is 1020. The van der Waals surface area contributed by atoms with Crippen LogP contribution < -0.4 is 10.1 Å². The van der Waals surface area contributed by atoms with Crippen LogP contribution >= 0.6 is 11.6 Å². The molecule has 1 atom stereocenters. The smallest absolute Gasteiger partial charge is 0.407 e. The molecule has 6 heteroatoms. The highest BCUT2D eigenvalue weighted by molar-refractivity contribution is 6.30. The molecule has 2 N–H and O–H groups in total. The predicted molar refractivity (Wildman–Crippen MR) is 116 cm³/mol. The molecule has 1 unspecified atom stereocenters. The third kappa shape index (κ3) is 3.86. The monoisotopic (exact) mass is 423 g/mol. The second-order valence-electron chi connectivity index (χ2n) is 7.09. The average Bonchev–Trinajstić information content (AvgIpc) is 3.10. The normalized spacial score (nSPS) is 13.3. The lowest BCUT2D eigenvalue weighted by Crippen LogP contribution is -2.32. The maximum absolute atomic E-state index is 12.5. The maximum Gasteiger partial charge on any atom is 0.407 e. The van der Waals surface area contributed by atoms with Crippen molar-refractivity contribution in [1.82, 2.24) is 5.32 Å². The maximum atomic E-state index is 12.5. The van der Waals surface area contributed by atoms with E-state index in [9.17, 15) is 9.90 Å². The zero-order chi connectivity index (χ0) is 21.1. The third-order valence-corrected chi connectivity index (χ3v) is 5.62. The van der Waals surface area contributed by atoms with E-state index in [1.165, 1.54) is 18.2 Å². The predicted octanol–water partition coefficient (Wildman–Crippen LogP) is 4.92. The number of amides is 1. The van der Waals surface area contributed by atoms with Crippen LogP contribution in [-0.2, 0) is 4.74 Å². The number of hydrogen-bond donors (Lipinski definition) is 2. The minimum atomic E-state index is -0.673. The summed E-state index contributed by atoms with van der Waals surface area (Å²) in [5, 5.41) is 13.0. The van der Waals surface area contributed by atoms with Crippen LogP contribution in [0.15, 0.2) is 66.7 Å². The Balaban J connectivity index is 1.48. The first-order valence-electron chi connectivity index (χ1n) is 9.68. The number of benzene rings is 3. The molecule has 0 heterocycles. The number of fused-ring (bicyclic) bond motifs is 3. The highest BCUT2D eigenvalue weighted by Gasteiger charge is 2.29. The number of alkyl carbamates (subject to hydrolysis) is 1. The van der Waals surface area contributed by atoms with Gasteiger partial charge < -0.3 is 19.9 Å². The van der Waals surface area contributed by atoms with E-state index in [4.69, 9.17) is 21.1 Å². The third-order valence-electron chi connectivity index (χ3n) is 5.39. The first kappa shape index (κ1) is 20.3. The molecule has 4 rings (SSSR count). The van der Waals surface area contributed by atoms with Crippen molar-refractivity contribution in [3.8, 4) is 16.9 Å². The molecule has 3 aromatic carbocycles. The molecule has 0 bridgehead atoms.